The molecule has 0 radical (unpaired) electrons. The molecule has 0 bridgehead atoms. The van der Waals surface area contributed by atoms with Crippen LogP contribution in [0.2, 0.25) is 0 Å². The van der Waals surface area contributed by atoms with Gasteiger partial charge in [0.05, 0.1) is 12.0 Å². The van der Waals surface area contributed by atoms with Gasteiger partial charge in [-0.25, -0.2) is 0 Å². The van der Waals surface area contributed by atoms with Crippen molar-refractivity contribution in [3.63, 3.8) is 0 Å². The molecule has 0 aromatic heterocycles. The van der Waals surface area contributed by atoms with E-state index >= 15 is 0 Å². The van der Waals surface area contributed by atoms with Crippen LogP contribution in [0, 0.1) is 0 Å². The van der Waals surface area contributed by atoms with Crippen LogP contribution < -0.4 is 4.74 Å². The van der Waals surface area contributed by atoms with Crippen LogP contribution in [0.3, 0.4) is 0 Å². The first-order valence-electron chi connectivity index (χ1n) is 11.9. The number of aliphatic hydroxyl groups excluding tert-OH is 1. The van der Waals surface area contributed by atoms with E-state index in [1.54, 1.807) is 24.3 Å². The number of phenols is 1. The Labute approximate surface area is 209 Å². The lowest BCUT2D eigenvalue weighted by molar-refractivity contribution is -0.136. The third-order valence-corrected chi connectivity index (χ3v) is 7.53. The highest BCUT2D eigenvalue weighted by atomic mass is 32.2. The molecule has 1 aliphatic rings. The van der Waals surface area contributed by atoms with Gasteiger partial charge in [0.15, 0.2) is 11.6 Å². The summed E-state index contributed by atoms with van der Waals surface area (Å²) in [5, 5.41) is 30.3. The number of aromatic hydroxyl groups is 1. The standard InChI is InChI=1S/C27H32O7S/c1-3-5-20-22(14-12-19(16(2)28)26(20)32)34-23-6-4-7-24(27(23)33)35-18-10-8-17(9-11-18)21(29)13-15-25(30)31/h8-12,14,23-24,27,32-33H,3-7,13,15H2,1-2H3,(H,30,31)/t23-,24-,27-/m1/s1. The monoisotopic (exact) mass is 500 g/mol. The van der Waals surface area contributed by atoms with E-state index in [-0.39, 0.29) is 41.0 Å². The molecule has 188 valence electrons. The average molecular weight is 501 g/mol. The van der Waals surface area contributed by atoms with E-state index in [0.717, 1.165) is 24.2 Å². The zero-order valence-electron chi connectivity index (χ0n) is 20.0. The fraction of sp³-hybridized carbons (Fsp3) is 0.444. The second-order valence-corrected chi connectivity index (χ2v) is 10.1. The van der Waals surface area contributed by atoms with Crippen molar-refractivity contribution in [1.82, 2.24) is 0 Å². The van der Waals surface area contributed by atoms with Crippen LogP contribution in [0.15, 0.2) is 41.3 Å². The minimum absolute atomic E-state index is 0.0366. The van der Waals surface area contributed by atoms with Gasteiger partial charge in [0, 0.05) is 27.7 Å². The van der Waals surface area contributed by atoms with Crippen LogP contribution in [0.5, 0.6) is 11.5 Å². The lowest BCUT2D eigenvalue weighted by Crippen LogP contribution is -2.43. The highest BCUT2D eigenvalue weighted by molar-refractivity contribution is 8.00. The maximum atomic E-state index is 12.1. The third-order valence-electron chi connectivity index (χ3n) is 6.17. The molecule has 0 spiro atoms. The number of ketones is 2. The number of benzene rings is 2. The fourth-order valence-electron chi connectivity index (χ4n) is 4.28. The summed E-state index contributed by atoms with van der Waals surface area (Å²) >= 11 is 1.52. The fourth-order valence-corrected chi connectivity index (χ4v) is 5.53. The molecule has 35 heavy (non-hydrogen) atoms. The predicted molar refractivity (Wildman–Crippen MR) is 134 cm³/mol. The predicted octanol–water partition coefficient (Wildman–Crippen LogP) is 5.05. The van der Waals surface area contributed by atoms with Gasteiger partial charge in [-0.2, -0.15) is 0 Å². The molecule has 2 aromatic rings. The minimum atomic E-state index is -1.000. The number of rotatable bonds is 11. The number of phenolic OH excluding ortho intramolecular Hbond substituents is 1. The van der Waals surface area contributed by atoms with Gasteiger partial charge in [-0.05, 0) is 56.9 Å². The molecule has 0 amide bonds. The number of carboxylic acid groups (broad SMARTS) is 1. The average Bonchev–Trinajstić information content (AvgIpc) is 2.82. The largest absolute Gasteiger partial charge is 0.507 e. The first-order chi connectivity index (χ1) is 16.7. The Balaban J connectivity index is 1.68. The van der Waals surface area contributed by atoms with E-state index in [1.165, 1.54) is 18.7 Å². The Kier molecular flexibility index (Phi) is 9.34. The highest BCUT2D eigenvalue weighted by Crippen LogP contribution is 2.38. The molecule has 0 heterocycles. The summed E-state index contributed by atoms with van der Waals surface area (Å²) in [6, 6.07) is 10.3. The number of aliphatic hydroxyl groups is 1. The smallest absolute Gasteiger partial charge is 0.303 e. The number of carbonyl (C=O) groups excluding carboxylic acids is 2. The maximum absolute atomic E-state index is 12.1. The Hall–Kier alpha value is -2.84. The number of aliphatic carboxylic acids is 1. The first-order valence-corrected chi connectivity index (χ1v) is 12.8. The quantitative estimate of drug-likeness (QED) is 0.367. The Morgan fingerprint density at radius 1 is 1.06 bits per heavy atom. The Morgan fingerprint density at radius 2 is 1.77 bits per heavy atom. The van der Waals surface area contributed by atoms with Crippen LogP contribution >= 0.6 is 11.8 Å². The Bertz CT molecular complexity index is 1060. The van der Waals surface area contributed by atoms with Crippen LogP contribution in [-0.4, -0.2) is 50.3 Å². The molecule has 0 unspecified atom stereocenters. The lowest BCUT2D eigenvalue weighted by Gasteiger charge is -2.35. The molecule has 1 saturated carbocycles. The topological polar surface area (TPSA) is 121 Å². The van der Waals surface area contributed by atoms with Gasteiger partial charge in [0.1, 0.15) is 23.7 Å². The summed E-state index contributed by atoms with van der Waals surface area (Å²) in [6.07, 6.45) is 2.26. The zero-order valence-corrected chi connectivity index (χ0v) is 20.8. The number of carbonyl (C=O) groups is 3. The number of carboxylic acids is 1. The minimum Gasteiger partial charge on any atom is -0.507 e. The van der Waals surface area contributed by atoms with Gasteiger partial charge >= 0.3 is 5.97 Å². The van der Waals surface area contributed by atoms with Crippen molar-refractivity contribution in [1.29, 1.82) is 0 Å². The molecule has 1 aliphatic carbocycles. The molecular formula is C27H32O7S. The molecule has 3 rings (SSSR count). The van der Waals surface area contributed by atoms with Crippen molar-refractivity contribution in [2.24, 2.45) is 0 Å². The van der Waals surface area contributed by atoms with Crippen LogP contribution in [0.25, 0.3) is 0 Å². The van der Waals surface area contributed by atoms with Crippen molar-refractivity contribution in [2.45, 2.75) is 81.1 Å². The van der Waals surface area contributed by atoms with Crippen molar-refractivity contribution < 1.29 is 34.4 Å². The van der Waals surface area contributed by atoms with Crippen molar-refractivity contribution in [3.8, 4) is 11.5 Å². The molecule has 0 saturated heterocycles. The third kappa shape index (κ3) is 6.86. The van der Waals surface area contributed by atoms with Crippen LogP contribution in [0.1, 0.15) is 78.7 Å². The highest BCUT2D eigenvalue weighted by Gasteiger charge is 2.34. The molecular weight excluding hydrogens is 468 g/mol. The van der Waals surface area contributed by atoms with Crippen molar-refractivity contribution >= 4 is 29.3 Å². The SMILES string of the molecule is CCCc1c(O[C@@H]2CCC[C@@H](Sc3ccc(C(=O)CCC(=O)O)cc3)[C@@H]2O)ccc(C(C)=O)c1O. The molecule has 2 aromatic carbocycles. The lowest BCUT2D eigenvalue weighted by atomic mass is 9.93. The number of hydrogen-bond acceptors (Lipinski definition) is 7. The van der Waals surface area contributed by atoms with Gasteiger partial charge in [-0.15, -0.1) is 11.8 Å². The van der Waals surface area contributed by atoms with E-state index in [4.69, 9.17) is 9.84 Å². The number of ether oxygens (including phenoxy) is 1. The van der Waals surface area contributed by atoms with Gasteiger partial charge in [0.25, 0.3) is 0 Å². The van der Waals surface area contributed by atoms with E-state index in [9.17, 15) is 24.6 Å². The van der Waals surface area contributed by atoms with E-state index < -0.39 is 18.2 Å². The summed E-state index contributed by atoms with van der Waals surface area (Å²) in [6.45, 7) is 3.40. The van der Waals surface area contributed by atoms with Gasteiger partial charge in [0.2, 0.25) is 0 Å². The summed E-state index contributed by atoms with van der Waals surface area (Å²) in [5.74, 6) is -0.980. The van der Waals surface area contributed by atoms with Crippen molar-refractivity contribution in [2.75, 3.05) is 0 Å². The van der Waals surface area contributed by atoms with Gasteiger partial charge < -0.3 is 20.1 Å². The van der Waals surface area contributed by atoms with Gasteiger partial charge in [-0.1, -0.05) is 25.5 Å². The van der Waals surface area contributed by atoms with Crippen molar-refractivity contribution in [3.05, 3.63) is 53.1 Å². The number of Topliss-reactive ketones (excluding diaryl/α,β-unsaturated/α-hetero) is 2. The molecule has 1 fully saturated rings. The Morgan fingerprint density at radius 3 is 2.40 bits per heavy atom. The second kappa shape index (κ2) is 12.2. The molecule has 3 atom stereocenters. The van der Waals surface area contributed by atoms with Gasteiger partial charge in [-0.3, -0.25) is 14.4 Å². The summed E-state index contributed by atoms with van der Waals surface area (Å²) in [5.41, 5.74) is 1.33. The number of thioether (sulfide) groups is 1. The van der Waals surface area contributed by atoms with E-state index in [1.807, 2.05) is 19.1 Å². The van der Waals surface area contributed by atoms with E-state index in [2.05, 4.69) is 0 Å². The second-order valence-electron chi connectivity index (χ2n) is 8.82. The molecule has 7 nitrogen and oxygen atoms in total. The van der Waals surface area contributed by atoms with E-state index in [0.29, 0.717) is 29.7 Å². The zero-order chi connectivity index (χ0) is 25.5. The number of hydrogen-bond donors (Lipinski definition) is 3. The summed E-state index contributed by atoms with van der Waals surface area (Å²) < 4.78 is 6.20. The molecule has 8 heteroatoms. The molecule has 0 aliphatic heterocycles. The molecule has 3 N–H and O–H groups in total. The van der Waals surface area contributed by atoms with Crippen LogP contribution in [-0.2, 0) is 11.2 Å². The first kappa shape index (κ1) is 26.8. The maximum Gasteiger partial charge on any atom is 0.303 e. The summed E-state index contributed by atoms with van der Waals surface area (Å²) in [4.78, 5) is 35.5. The normalized spacial score (nSPS) is 19.8. The summed E-state index contributed by atoms with van der Waals surface area (Å²) in [7, 11) is 0. The van der Waals surface area contributed by atoms with Crippen LogP contribution in [0.4, 0.5) is 0 Å².